The van der Waals surface area contributed by atoms with Crippen molar-refractivity contribution < 1.29 is 4.74 Å². The first-order chi connectivity index (χ1) is 10.8. The fourth-order valence-corrected chi connectivity index (χ4v) is 2.51. The van der Waals surface area contributed by atoms with Gasteiger partial charge in [0, 0.05) is 5.69 Å². The van der Waals surface area contributed by atoms with Crippen LogP contribution in [0.15, 0.2) is 42.5 Å². The average Bonchev–Trinajstić information content (AvgIpc) is 2.46. The van der Waals surface area contributed by atoms with E-state index in [1.165, 1.54) is 11.1 Å². The smallest absolute Gasteiger partial charge is 0.175 e. The Morgan fingerprint density at radius 3 is 2.39 bits per heavy atom. The summed E-state index contributed by atoms with van der Waals surface area (Å²) < 4.78 is 5.43. The standard InChI is InChI=1S/C19H24N2OS/c1-13-7-6-8-15(11-13)20-18(23)21-16-12-14(19(2,3)4)9-10-17(16)22-5/h6-12H,1-5H3,(H2,20,21,23). The number of aryl methyl sites for hydroxylation is 1. The van der Waals surface area contributed by atoms with Gasteiger partial charge in [-0.15, -0.1) is 0 Å². The zero-order chi connectivity index (χ0) is 17.0. The van der Waals surface area contributed by atoms with Crippen molar-refractivity contribution in [2.45, 2.75) is 33.1 Å². The number of rotatable bonds is 3. The van der Waals surface area contributed by atoms with Crippen LogP contribution < -0.4 is 15.4 Å². The second-order valence-corrected chi connectivity index (χ2v) is 7.02. The summed E-state index contributed by atoms with van der Waals surface area (Å²) in [6.07, 6.45) is 0. The Hall–Kier alpha value is -2.07. The number of methoxy groups -OCH3 is 1. The molecule has 23 heavy (non-hydrogen) atoms. The van der Waals surface area contributed by atoms with Crippen molar-refractivity contribution in [3.63, 3.8) is 0 Å². The van der Waals surface area contributed by atoms with Gasteiger partial charge in [-0.2, -0.15) is 0 Å². The van der Waals surface area contributed by atoms with Crippen molar-refractivity contribution in [3.05, 3.63) is 53.6 Å². The van der Waals surface area contributed by atoms with E-state index >= 15 is 0 Å². The molecule has 2 aromatic rings. The Balaban J connectivity index is 2.19. The number of hydrogen-bond acceptors (Lipinski definition) is 2. The van der Waals surface area contributed by atoms with Crippen LogP contribution in [0.1, 0.15) is 31.9 Å². The molecule has 0 bridgehead atoms. The summed E-state index contributed by atoms with van der Waals surface area (Å²) in [5, 5.41) is 6.98. The van der Waals surface area contributed by atoms with Gasteiger partial charge in [0.1, 0.15) is 5.75 Å². The Bertz CT molecular complexity index is 705. The van der Waals surface area contributed by atoms with Crippen molar-refractivity contribution in [1.29, 1.82) is 0 Å². The molecular weight excluding hydrogens is 304 g/mol. The van der Waals surface area contributed by atoms with Gasteiger partial charge in [0.25, 0.3) is 0 Å². The fourth-order valence-electron chi connectivity index (χ4n) is 2.28. The first-order valence-electron chi connectivity index (χ1n) is 7.63. The summed E-state index contributed by atoms with van der Waals surface area (Å²) in [5.74, 6) is 0.770. The van der Waals surface area contributed by atoms with Crippen LogP contribution in [0.3, 0.4) is 0 Å². The molecule has 0 aromatic heterocycles. The molecule has 2 aromatic carbocycles. The third-order valence-corrected chi connectivity index (χ3v) is 3.79. The van der Waals surface area contributed by atoms with Gasteiger partial charge in [0.15, 0.2) is 5.11 Å². The van der Waals surface area contributed by atoms with Crippen LogP contribution >= 0.6 is 12.2 Å². The normalized spacial score (nSPS) is 11.0. The van der Waals surface area contributed by atoms with E-state index in [2.05, 4.69) is 62.6 Å². The maximum atomic E-state index is 5.43. The molecule has 0 saturated heterocycles. The van der Waals surface area contributed by atoms with Crippen LogP contribution in [-0.4, -0.2) is 12.2 Å². The summed E-state index contributed by atoms with van der Waals surface area (Å²) in [6.45, 7) is 8.60. The Labute approximate surface area is 144 Å². The Morgan fingerprint density at radius 2 is 1.78 bits per heavy atom. The molecule has 0 aliphatic carbocycles. The van der Waals surface area contributed by atoms with E-state index in [9.17, 15) is 0 Å². The van der Waals surface area contributed by atoms with Gasteiger partial charge < -0.3 is 15.4 Å². The van der Waals surface area contributed by atoms with E-state index in [1.807, 2.05) is 18.2 Å². The summed E-state index contributed by atoms with van der Waals surface area (Å²) >= 11 is 5.43. The minimum atomic E-state index is 0.0638. The lowest BCUT2D eigenvalue weighted by molar-refractivity contribution is 0.416. The van der Waals surface area contributed by atoms with Crippen LogP contribution in [0, 0.1) is 6.92 Å². The van der Waals surface area contributed by atoms with Crippen molar-refractivity contribution in [1.82, 2.24) is 0 Å². The quantitative estimate of drug-likeness (QED) is 0.767. The molecular formula is C19H24N2OS. The highest BCUT2D eigenvalue weighted by Gasteiger charge is 2.16. The maximum Gasteiger partial charge on any atom is 0.175 e. The van der Waals surface area contributed by atoms with Crippen molar-refractivity contribution in [2.24, 2.45) is 0 Å². The lowest BCUT2D eigenvalue weighted by Gasteiger charge is -2.22. The summed E-state index contributed by atoms with van der Waals surface area (Å²) in [7, 11) is 1.66. The zero-order valence-corrected chi connectivity index (χ0v) is 15.2. The summed E-state index contributed by atoms with van der Waals surface area (Å²) in [5.41, 5.74) is 4.30. The van der Waals surface area contributed by atoms with E-state index in [0.717, 1.165) is 17.1 Å². The molecule has 0 fully saturated rings. The highest BCUT2D eigenvalue weighted by molar-refractivity contribution is 7.80. The molecule has 0 saturated carbocycles. The molecule has 122 valence electrons. The van der Waals surface area contributed by atoms with Crippen molar-refractivity contribution >= 4 is 28.7 Å². The monoisotopic (exact) mass is 328 g/mol. The number of nitrogens with one attached hydrogen (secondary N) is 2. The molecule has 0 heterocycles. The molecule has 3 nitrogen and oxygen atoms in total. The number of benzene rings is 2. The first kappa shape index (κ1) is 17.3. The average molecular weight is 328 g/mol. The second-order valence-electron chi connectivity index (χ2n) is 6.61. The van der Waals surface area contributed by atoms with Crippen LogP contribution in [0.4, 0.5) is 11.4 Å². The highest BCUT2D eigenvalue weighted by Crippen LogP contribution is 2.31. The molecule has 4 heteroatoms. The SMILES string of the molecule is COc1ccc(C(C)(C)C)cc1NC(=S)Nc1cccc(C)c1. The van der Waals surface area contributed by atoms with Crippen molar-refractivity contribution in [3.8, 4) is 5.75 Å². The molecule has 0 atom stereocenters. The van der Waals surface area contributed by atoms with E-state index in [1.54, 1.807) is 7.11 Å². The second kappa shape index (κ2) is 7.01. The van der Waals surface area contributed by atoms with Crippen LogP contribution in [0.5, 0.6) is 5.75 Å². The highest BCUT2D eigenvalue weighted by atomic mass is 32.1. The Kier molecular flexibility index (Phi) is 5.26. The molecule has 2 rings (SSSR count). The number of thiocarbonyl (C=S) groups is 1. The van der Waals surface area contributed by atoms with E-state index < -0.39 is 0 Å². The Morgan fingerprint density at radius 1 is 1.04 bits per heavy atom. The van der Waals surface area contributed by atoms with Gasteiger partial charge in [-0.3, -0.25) is 0 Å². The molecule has 0 aliphatic heterocycles. The van der Waals surface area contributed by atoms with Crippen molar-refractivity contribution in [2.75, 3.05) is 17.7 Å². The van der Waals surface area contributed by atoms with Gasteiger partial charge in [-0.25, -0.2) is 0 Å². The zero-order valence-electron chi connectivity index (χ0n) is 14.4. The predicted octanol–water partition coefficient (Wildman–Crippen LogP) is 5.11. The number of anilines is 2. The van der Waals surface area contributed by atoms with E-state index in [4.69, 9.17) is 17.0 Å². The minimum Gasteiger partial charge on any atom is -0.495 e. The van der Waals surface area contributed by atoms with Crippen LogP contribution in [0.25, 0.3) is 0 Å². The van der Waals surface area contributed by atoms with Gasteiger partial charge in [0.05, 0.1) is 12.8 Å². The van der Waals surface area contributed by atoms with Gasteiger partial charge in [-0.1, -0.05) is 39.0 Å². The lowest BCUT2D eigenvalue weighted by Crippen LogP contribution is -2.20. The van der Waals surface area contributed by atoms with Gasteiger partial charge in [-0.05, 0) is 59.9 Å². The topological polar surface area (TPSA) is 33.3 Å². The lowest BCUT2D eigenvalue weighted by atomic mass is 9.87. The van der Waals surface area contributed by atoms with E-state index in [0.29, 0.717) is 5.11 Å². The fraction of sp³-hybridized carbons (Fsp3) is 0.316. The first-order valence-corrected chi connectivity index (χ1v) is 8.03. The summed E-state index contributed by atoms with van der Waals surface area (Å²) in [6, 6.07) is 14.2. The largest absolute Gasteiger partial charge is 0.495 e. The van der Waals surface area contributed by atoms with E-state index in [-0.39, 0.29) is 5.41 Å². The molecule has 0 radical (unpaired) electrons. The maximum absolute atomic E-state index is 5.43. The van der Waals surface area contributed by atoms with Gasteiger partial charge in [0.2, 0.25) is 0 Å². The minimum absolute atomic E-state index is 0.0638. The molecule has 2 N–H and O–H groups in total. The number of hydrogen-bond donors (Lipinski definition) is 2. The molecule has 0 aliphatic rings. The van der Waals surface area contributed by atoms with Crippen LogP contribution in [0.2, 0.25) is 0 Å². The third-order valence-electron chi connectivity index (χ3n) is 3.59. The molecule has 0 spiro atoms. The predicted molar refractivity (Wildman–Crippen MR) is 103 cm³/mol. The summed E-state index contributed by atoms with van der Waals surface area (Å²) in [4.78, 5) is 0. The molecule has 0 amide bonds. The van der Waals surface area contributed by atoms with Crippen LogP contribution in [-0.2, 0) is 5.41 Å². The molecule has 0 unspecified atom stereocenters. The number of ether oxygens (including phenoxy) is 1. The van der Waals surface area contributed by atoms with Gasteiger partial charge >= 0.3 is 0 Å². The third kappa shape index (κ3) is 4.70.